The van der Waals surface area contributed by atoms with Crippen LogP contribution in [0.15, 0.2) is 23.5 Å². The van der Waals surface area contributed by atoms with Gasteiger partial charge in [0.15, 0.2) is 5.96 Å². The van der Waals surface area contributed by atoms with E-state index in [1.165, 1.54) is 0 Å². The largest absolute Gasteiger partial charge is 0.370 e. The zero-order valence-electron chi connectivity index (χ0n) is 13.2. The maximum absolute atomic E-state index is 11.4. The second kappa shape index (κ2) is 7.26. The highest BCUT2D eigenvalue weighted by Gasteiger charge is 2.21. The van der Waals surface area contributed by atoms with Gasteiger partial charge in [0.25, 0.3) is 0 Å². The summed E-state index contributed by atoms with van der Waals surface area (Å²) in [5.74, 6) is 1.43. The Kier molecular flexibility index (Phi) is 4.89. The van der Waals surface area contributed by atoms with E-state index in [-0.39, 0.29) is 11.9 Å². The SMILES string of the molecule is NC(=NCC1CCCC(=O)N1)N1CCN(c2ncccn2)CC1. The number of carbonyl (C=O) groups excluding carboxylic acids is 1. The van der Waals surface area contributed by atoms with Crippen LogP contribution in [0.5, 0.6) is 0 Å². The number of hydrogen-bond donors (Lipinski definition) is 2. The smallest absolute Gasteiger partial charge is 0.225 e. The van der Waals surface area contributed by atoms with Gasteiger partial charge in [-0.3, -0.25) is 9.79 Å². The molecule has 0 aliphatic carbocycles. The van der Waals surface area contributed by atoms with Gasteiger partial charge in [0.1, 0.15) is 0 Å². The van der Waals surface area contributed by atoms with Crippen molar-refractivity contribution < 1.29 is 4.79 Å². The van der Waals surface area contributed by atoms with Crippen molar-refractivity contribution >= 4 is 17.8 Å². The first-order chi connectivity index (χ1) is 11.2. The van der Waals surface area contributed by atoms with Crippen molar-refractivity contribution in [2.45, 2.75) is 25.3 Å². The number of anilines is 1. The Bertz CT molecular complexity index is 554. The monoisotopic (exact) mass is 317 g/mol. The third-order valence-electron chi connectivity index (χ3n) is 4.23. The average molecular weight is 317 g/mol. The van der Waals surface area contributed by atoms with Gasteiger partial charge in [-0.1, -0.05) is 0 Å². The van der Waals surface area contributed by atoms with Crippen LogP contribution in [0.2, 0.25) is 0 Å². The van der Waals surface area contributed by atoms with E-state index in [2.05, 4.69) is 30.1 Å². The average Bonchev–Trinajstić information content (AvgIpc) is 2.61. The molecule has 124 valence electrons. The molecule has 0 saturated carbocycles. The maximum Gasteiger partial charge on any atom is 0.225 e. The van der Waals surface area contributed by atoms with Gasteiger partial charge in [0.05, 0.1) is 6.54 Å². The molecule has 8 nitrogen and oxygen atoms in total. The molecule has 0 aromatic carbocycles. The molecule has 23 heavy (non-hydrogen) atoms. The first kappa shape index (κ1) is 15.5. The molecule has 0 spiro atoms. The highest BCUT2D eigenvalue weighted by atomic mass is 16.1. The van der Waals surface area contributed by atoms with Crippen molar-refractivity contribution in [1.82, 2.24) is 20.2 Å². The zero-order valence-corrected chi connectivity index (χ0v) is 13.2. The minimum atomic E-state index is 0.117. The number of nitrogens with zero attached hydrogens (tertiary/aromatic N) is 5. The topological polar surface area (TPSA) is 99.7 Å². The lowest BCUT2D eigenvalue weighted by Crippen LogP contribution is -2.52. The Morgan fingerprint density at radius 3 is 2.74 bits per heavy atom. The number of nitrogens with two attached hydrogens (primary N) is 1. The summed E-state index contributed by atoms with van der Waals surface area (Å²) in [5.41, 5.74) is 6.10. The van der Waals surface area contributed by atoms with E-state index in [0.717, 1.165) is 45.0 Å². The molecule has 1 aromatic heterocycles. The Balaban J connectivity index is 1.48. The predicted molar refractivity (Wildman–Crippen MR) is 88.1 cm³/mol. The molecule has 1 atom stereocenters. The van der Waals surface area contributed by atoms with Crippen LogP contribution in [-0.4, -0.2) is 65.5 Å². The number of rotatable bonds is 3. The number of amides is 1. The predicted octanol–water partition coefficient (Wildman–Crippen LogP) is -0.418. The number of aromatic nitrogens is 2. The molecule has 1 aromatic rings. The fourth-order valence-corrected chi connectivity index (χ4v) is 2.91. The van der Waals surface area contributed by atoms with Crippen molar-refractivity contribution in [3.63, 3.8) is 0 Å². The number of hydrogen-bond acceptors (Lipinski definition) is 5. The fraction of sp³-hybridized carbons (Fsp3) is 0.600. The Morgan fingerprint density at radius 2 is 2.04 bits per heavy atom. The molecule has 1 unspecified atom stereocenters. The van der Waals surface area contributed by atoms with Crippen LogP contribution in [0.3, 0.4) is 0 Å². The summed E-state index contributed by atoms with van der Waals surface area (Å²) in [6.07, 6.45) is 6.04. The highest BCUT2D eigenvalue weighted by molar-refractivity contribution is 5.79. The summed E-state index contributed by atoms with van der Waals surface area (Å²) in [6, 6.07) is 1.93. The van der Waals surface area contributed by atoms with Gasteiger partial charge in [0.2, 0.25) is 11.9 Å². The van der Waals surface area contributed by atoms with Crippen LogP contribution in [0.1, 0.15) is 19.3 Å². The number of nitrogens with one attached hydrogen (secondary N) is 1. The van der Waals surface area contributed by atoms with Crippen LogP contribution in [0.25, 0.3) is 0 Å². The normalized spacial score (nSPS) is 22.9. The van der Waals surface area contributed by atoms with Crippen LogP contribution in [0.4, 0.5) is 5.95 Å². The first-order valence-corrected chi connectivity index (χ1v) is 8.08. The summed E-state index contributed by atoms with van der Waals surface area (Å²) in [6.45, 7) is 3.79. The van der Waals surface area contributed by atoms with Crippen LogP contribution in [-0.2, 0) is 4.79 Å². The van der Waals surface area contributed by atoms with E-state index in [4.69, 9.17) is 5.73 Å². The lowest BCUT2D eigenvalue weighted by Gasteiger charge is -2.35. The van der Waals surface area contributed by atoms with Gasteiger partial charge >= 0.3 is 0 Å². The van der Waals surface area contributed by atoms with Gasteiger partial charge in [-0.05, 0) is 18.9 Å². The highest BCUT2D eigenvalue weighted by Crippen LogP contribution is 2.10. The molecule has 8 heteroatoms. The summed E-state index contributed by atoms with van der Waals surface area (Å²) in [7, 11) is 0. The number of carbonyl (C=O) groups is 1. The summed E-state index contributed by atoms with van der Waals surface area (Å²) >= 11 is 0. The molecule has 2 aliphatic heterocycles. The van der Waals surface area contributed by atoms with Gasteiger partial charge in [0, 0.05) is 51.0 Å². The van der Waals surface area contributed by atoms with Crippen LogP contribution < -0.4 is 16.0 Å². The standard InChI is InChI=1S/C15H23N7O/c16-14(19-11-12-3-1-4-13(23)20-12)21-7-9-22(10-8-21)15-17-5-2-6-18-15/h2,5-6,12H,1,3-4,7-11H2,(H2,16,19)(H,20,23). The van der Waals surface area contributed by atoms with Gasteiger partial charge in [-0.2, -0.15) is 0 Å². The quantitative estimate of drug-likeness (QED) is 0.580. The van der Waals surface area contributed by atoms with E-state index in [1.807, 2.05) is 6.07 Å². The third-order valence-corrected chi connectivity index (χ3v) is 4.23. The van der Waals surface area contributed by atoms with E-state index < -0.39 is 0 Å². The number of aliphatic imine (C=N–C) groups is 1. The molecule has 2 saturated heterocycles. The molecule has 2 fully saturated rings. The van der Waals surface area contributed by atoms with Crippen molar-refractivity contribution in [1.29, 1.82) is 0 Å². The van der Waals surface area contributed by atoms with E-state index in [9.17, 15) is 4.79 Å². The number of piperazine rings is 1. The molecule has 2 aliphatic rings. The summed E-state index contributed by atoms with van der Waals surface area (Å²) in [4.78, 5) is 28.6. The van der Waals surface area contributed by atoms with Gasteiger partial charge < -0.3 is 20.9 Å². The summed E-state index contributed by atoms with van der Waals surface area (Å²) < 4.78 is 0. The third kappa shape index (κ3) is 4.08. The zero-order chi connectivity index (χ0) is 16.1. The van der Waals surface area contributed by atoms with Crippen molar-refractivity contribution in [3.05, 3.63) is 18.5 Å². The van der Waals surface area contributed by atoms with Crippen molar-refractivity contribution in [2.75, 3.05) is 37.6 Å². The second-order valence-electron chi connectivity index (χ2n) is 5.88. The lowest BCUT2D eigenvalue weighted by molar-refractivity contribution is -0.123. The van der Waals surface area contributed by atoms with E-state index >= 15 is 0 Å². The molecule has 0 bridgehead atoms. The van der Waals surface area contributed by atoms with Crippen molar-refractivity contribution in [2.24, 2.45) is 10.7 Å². The maximum atomic E-state index is 11.4. The second-order valence-corrected chi connectivity index (χ2v) is 5.88. The lowest BCUT2D eigenvalue weighted by atomic mass is 10.0. The Morgan fingerprint density at radius 1 is 1.30 bits per heavy atom. The van der Waals surface area contributed by atoms with Crippen molar-refractivity contribution in [3.8, 4) is 0 Å². The first-order valence-electron chi connectivity index (χ1n) is 8.08. The Hall–Kier alpha value is -2.38. The van der Waals surface area contributed by atoms with E-state index in [0.29, 0.717) is 18.9 Å². The van der Waals surface area contributed by atoms with Gasteiger partial charge in [-0.15, -0.1) is 0 Å². The minimum absolute atomic E-state index is 0.117. The van der Waals surface area contributed by atoms with Crippen LogP contribution >= 0.6 is 0 Å². The minimum Gasteiger partial charge on any atom is -0.370 e. The van der Waals surface area contributed by atoms with Crippen LogP contribution in [0, 0.1) is 0 Å². The van der Waals surface area contributed by atoms with Gasteiger partial charge in [-0.25, -0.2) is 9.97 Å². The molecular formula is C15H23N7O. The molecule has 3 N–H and O–H groups in total. The Labute approximate surface area is 135 Å². The molecule has 0 radical (unpaired) electrons. The molecule has 3 rings (SSSR count). The molecular weight excluding hydrogens is 294 g/mol. The number of guanidine groups is 1. The fourth-order valence-electron chi connectivity index (χ4n) is 2.91. The van der Waals surface area contributed by atoms with E-state index in [1.54, 1.807) is 12.4 Å². The molecule has 1 amide bonds. The summed E-state index contributed by atoms with van der Waals surface area (Å²) in [5, 5.41) is 2.96. The molecule has 3 heterocycles. The number of piperidine rings is 1.